The van der Waals surface area contributed by atoms with Gasteiger partial charge >= 0.3 is 0 Å². The molecule has 3 heteroatoms. The van der Waals surface area contributed by atoms with Gasteiger partial charge in [-0.2, -0.15) is 0 Å². The number of halogens is 1. The van der Waals surface area contributed by atoms with Crippen LogP contribution in [0.4, 0.5) is 4.39 Å². The van der Waals surface area contributed by atoms with Gasteiger partial charge in [0.15, 0.2) is 0 Å². The molecule has 0 aliphatic rings. The summed E-state index contributed by atoms with van der Waals surface area (Å²) >= 11 is 1.75. The highest BCUT2D eigenvalue weighted by Crippen LogP contribution is 2.26. The van der Waals surface area contributed by atoms with E-state index in [-0.39, 0.29) is 11.9 Å². The van der Waals surface area contributed by atoms with Crippen molar-refractivity contribution in [2.75, 3.05) is 5.75 Å². The molecule has 0 fully saturated rings. The molecule has 0 saturated carbocycles. The molecule has 0 spiro atoms. The van der Waals surface area contributed by atoms with Crippen molar-refractivity contribution in [2.45, 2.75) is 50.5 Å². The predicted molar refractivity (Wildman–Crippen MR) is 74.0 cm³/mol. The van der Waals surface area contributed by atoms with E-state index in [1.807, 2.05) is 13.0 Å². The molecule has 0 saturated heterocycles. The normalized spacial score (nSPS) is 12.7. The van der Waals surface area contributed by atoms with E-state index in [1.54, 1.807) is 17.8 Å². The van der Waals surface area contributed by atoms with Gasteiger partial charge in [0.2, 0.25) is 0 Å². The number of nitrogens with two attached hydrogens (primary N) is 1. The minimum Gasteiger partial charge on any atom is -0.328 e. The Kier molecular flexibility index (Phi) is 6.60. The lowest BCUT2D eigenvalue weighted by Crippen LogP contribution is -2.19. The third-order valence-corrected chi connectivity index (χ3v) is 3.79. The molecule has 0 bridgehead atoms. The van der Waals surface area contributed by atoms with Crippen molar-refractivity contribution >= 4 is 11.8 Å². The summed E-state index contributed by atoms with van der Waals surface area (Å²) in [6.45, 7) is 4.10. The second-order valence-electron chi connectivity index (χ2n) is 4.45. The Labute approximate surface area is 108 Å². The molecule has 1 aromatic rings. The zero-order valence-corrected chi connectivity index (χ0v) is 11.5. The summed E-state index contributed by atoms with van der Waals surface area (Å²) in [5, 5.41) is 0. The van der Waals surface area contributed by atoms with E-state index in [9.17, 15) is 4.39 Å². The summed E-state index contributed by atoms with van der Waals surface area (Å²) in [6, 6.07) is 5.30. The third kappa shape index (κ3) is 5.09. The lowest BCUT2D eigenvalue weighted by Gasteiger charge is -2.12. The van der Waals surface area contributed by atoms with Gasteiger partial charge in [-0.1, -0.05) is 25.8 Å². The standard InChI is InChI=1S/C14H22FNS/c1-3-4-5-9-17-14-8-6-7-13(15)12(14)10-11(2)16/h6-8,11H,3-5,9-10,16H2,1-2H3. The third-order valence-electron chi connectivity index (χ3n) is 2.61. The fourth-order valence-electron chi connectivity index (χ4n) is 1.73. The van der Waals surface area contributed by atoms with Crippen LogP contribution in [0.5, 0.6) is 0 Å². The zero-order chi connectivity index (χ0) is 12.7. The molecule has 0 radical (unpaired) electrons. The average Bonchev–Trinajstić information content (AvgIpc) is 2.28. The van der Waals surface area contributed by atoms with E-state index in [0.717, 1.165) is 16.2 Å². The molecule has 1 unspecified atom stereocenters. The molecule has 0 aliphatic carbocycles. The smallest absolute Gasteiger partial charge is 0.127 e. The van der Waals surface area contributed by atoms with Gasteiger partial charge in [0.25, 0.3) is 0 Å². The molecule has 1 atom stereocenters. The van der Waals surface area contributed by atoms with E-state index in [2.05, 4.69) is 6.92 Å². The highest BCUT2D eigenvalue weighted by Gasteiger charge is 2.10. The Morgan fingerprint density at radius 1 is 1.35 bits per heavy atom. The largest absolute Gasteiger partial charge is 0.328 e. The van der Waals surface area contributed by atoms with Crippen LogP contribution in [0.25, 0.3) is 0 Å². The van der Waals surface area contributed by atoms with Crippen molar-refractivity contribution < 1.29 is 4.39 Å². The molecule has 96 valence electrons. The van der Waals surface area contributed by atoms with Crippen LogP contribution in [0.2, 0.25) is 0 Å². The molecular formula is C14H22FNS. The Hall–Kier alpha value is -0.540. The molecule has 1 aromatic carbocycles. The molecular weight excluding hydrogens is 233 g/mol. The summed E-state index contributed by atoms with van der Waals surface area (Å²) in [7, 11) is 0. The van der Waals surface area contributed by atoms with Crippen molar-refractivity contribution in [2.24, 2.45) is 5.73 Å². The first kappa shape index (κ1) is 14.5. The van der Waals surface area contributed by atoms with E-state index in [1.165, 1.54) is 25.3 Å². The molecule has 1 rings (SSSR count). The van der Waals surface area contributed by atoms with Crippen molar-refractivity contribution in [1.29, 1.82) is 0 Å². The highest BCUT2D eigenvalue weighted by molar-refractivity contribution is 7.99. The molecule has 2 N–H and O–H groups in total. The van der Waals surface area contributed by atoms with Crippen LogP contribution in [-0.4, -0.2) is 11.8 Å². The van der Waals surface area contributed by atoms with Crippen LogP contribution < -0.4 is 5.73 Å². The van der Waals surface area contributed by atoms with Gasteiger partial charge in [-0.15, -0.1) is 11.8 Å². The van der Waals surface area contributed by atoms with Crippen LogP contribution in [0.3, 0.4) is 0 Å². The second-order valence-corrected chi connectivity index (χ2v) is 5.59. The average molecular weight is 255 g/mol. The van der Waals surface area contributed by atoms with Crippen molar-refractivity contribution in [3.05, 3.63) is 29.6 Å². The van der Waals surface area contributed by atoms with Crippen LogP contribution in [0, 0.1) is 5.82 Å². The summed E-state index contributed by atoms with van der Waals surface area (Å²) in [5.41, 5.74) is 6.54. The highest BCUT2D eigenvalue weighted by atomic mass is 32.2. The maximum Gasteiger partial charge on any atom is 0.127 e. The second kappa shape index (κ2) is 7.72. The lowest BCUT2D eigenvalue weighted by molar-refractivity contribution is 0.588. The topological polar surface area (TPSA) is 26.0 Å². The molecule has 17 heavy (non-hydrogen) atoms. The number of hydrogen-bond donors (Lipinski definition) is 1. The first-order valence-electron chi connectivity index (χ1n) is 6.31. The molecule has 0 heterocycles. The fraction of sp³-hybridized carbons (Fsp3) is 0.571. The Morgan fingerprint density at radius 3 is 2.76 bits per heavy atom. The van der Waals surface area contributed by atoms with Gasteiger partial charge in [-0.25, -0.2) is 4.39 Å². The fourth-order valence-corrected chi connectivity index (χ4v) is 2.83. The van der Waals surface area contributed by atoms with Crippen LogP contribution >= 0.6 is 11.8 Å². The van der Waals surface area contributed by atoms with E-state index >= 15 is 0 Å². The van der Waals surface area contributed by atoms with Gasteiger partial charge in [-0.05, 0) is 37.7 Å². The summed E-state index contributed by atoms with van der Waals surface area (Å²) in [6.07, 6.45) is 4.26. The summed E-state index contributed by atoms with van der Waals surface area (Å²) in [4.78, 5) is 1.05. The van der Waals surface area contributed by atoms with Gasteiger partial charge in [-0.3, -0.25) is 0 Å². The lowest BCUT2D eigenvalue weighted by atomic mass is 10.1. The quantitative estimate of drug-likeness (QED) is 0.589. The monoisotopic (exact) mass is 255 g/mol. The van der Waals surface area contributed by atoms with Crippen molar-refractivity contribution in [3.63, 3.8) is 0 Å². The SMILES string of the molecule is CCCCCSc1cccc(F)c1CC(C)N. The minimum absolute atomic E-state index is 0.00175. The maximum atomic E-state index is 13.7. The van der Waals surface area contributed by atoms with E-state index < -0.39 is 0 Å². The molecule has 1 nitrogen and oxygen atoms in total. The van der Waals surface area contributed by atoms with Gasteiger partial charge in [0.1, 0.15) is 5.82 Å². The van der Waals surface area contributed by atoms with E-state index in [4.69, 9.17) is 5.73 Å². The van der Waals surface area contributed by atoms with Crippen molar-refractivity contribution in [3.8, 4) is 0 Å². The van der Waals surface area contributed by atoms with E-state index in [0.29, 0.717) is 6.42 Å². The first-order chi connectivity index (χ1) is 8.15. The Bertz CT molecular complexity index is 339. The number of thioether (sulfide) groups is 1. The molecule has 0 amide bonds. The number of hydrogen-bond acceptors (Lipinski definition) is 2. The number of rotatable bonds is 7. The summed E-state index contributed by atoms with van der Waals surface area (Å²) < 4.78 is 13.7. The van der Waals surface area contributed by atoms with Crippen LogP contribution in [0.1, 0.15) is 38.7 Å². The Morgan fingerprint density at radius 2 is 2.12 bits per heavy atom. The van der Waals surface area contributed by atoms with Gasteiger partial charge in [0.05, 0.1) is 0 Å². The summed E-state index contributed by atoms with van der Waals surface area (Å²) in [5.74, 6) is 0.936. The predicted octanol–water partition coefficient (Wildman–Crippen LogP) is 4.00. The minimum atomic E-state index is -0.122. The maximum absolute atomic E-state index is 13.7. The number of benzene rings is 1. The first-order valence-corrected chi connectivity index (χ1v) is 7.29. The number of unbranched alkanes of at least 4 members (excludes halogenated alkanes) is 2. The molecule has 0 aliphatic heterocycles. The van der Waals surface area contributed by atoms with Gasteiger partial charge in [0, 0.05) is 16.5 Å². The zero-order valence-electron chi connectivity index (χ0n) is 10.7. The van der Waals surface area contributed by atoms with Gasteiger partial charge < -0.3 is 5.73 Å². The van der Waals surface area contributed by atoms with Crippen LogP contribution in [0.15, 0.2) is 23.1 Å². The van der Waals surface area contributed by atoms with Crippen LogP contribution in [-0.2, 0) is 6.42 Å². The Balaban J connectivity index is 2.66. The molecule has 0 aromatic heterocycles. The van der Waals surface area contributed by atoms with Crippen molar-refractivity contribution in [1.82, 2.24) is 0 Å².